The zero-order chi connectivity index (χ0) is 14.7. The van der Waals surface area contributed by atoms with E-state index in [4.69, 9.17) is 0 Å². The number of likely N-dealkylation sites (tertiary alicyclic amines) is 1. The van der Waals surface area contributed by atoms with Gasteiger partial charge in [-0.05, 0) is 62.5 Å². The summed E-state index contributed by atoms with van der Waals surface area (Å²) in [5, 5.41) is 3.39. The van der Waals surface area contributed by atoms with Crippen molar-refractivity contribution in [3.8, 4) is 0 Å². The van der Waals surface area contributed by atoms with Gasteiger partial charge in [-0.25, -0.2) is 0 Å². The summed E-state index contributed by atoms with van der Waals surface area (Å²) in [7, 11) is 1.91. The fourth-order valence-electron chi connectivity index (χ4n) is 3.23. The van der Waals surface area contributed by atoms with Gasteiger partial charge in [-0.3, -0.25) is 4.79 Å². The Hall–Kier alpha value is -1.55. The first kappa shape index (κ1) is 14.4. The van der Waals surface area contributed by atoms with Gasteiger partial charge in [0.25, 0.3) is 5.91 Å². The van der Waals surface area contributed by atoms with E-state index in [-0.39, 0.29) is 5.91 Å². The van der Waals surface area contributed by atoms with E-state index in [1.807, 2.05) is 18.0 Å². The number of carbonyl (C=O) groups is 1. The molecule has 1 aromatic rings. The molecule has 2 heterocycles. The fraction of sp³-hybridized carbons (Fsp3) is 0.588. The summed E-state index contributed by atoms with van der Waals surface area (Å²) in [6.07, 6.45) is 4.82. The topological polar surface area (TPSA) is 35.6 Å². The monoisotopic (exact) mass is 287 g/mol. The number of hydrogen-bond donors (Lipinski definition) is 1. The molecule has 2 aliphatic rings. The number of carbonyl (C=O) groups excluding carboxylic acids is 1. The number of likely N-dealkylation sites (N-methyl/N-ethyl adjacent to an activating group) is 1. The average molecular weight is 287 g/mol. The second-order valence-corrected chi connectivity index (χ2v) is 6.18. The molecular formula is C17H25N3O. The molecule has 0 spiro atoms. The number of aryl methyl sites for hydroxylation is 1. The van der Waals surface area contributed by atoms with Crippen LogP contribution in [0.5, 0.6) is 0 Å². The number of amides is 1. The van der Waals surface area contributed by atoms with E-state index in [1.165, 1.54) is 37.2 Å². The van der Waals surface area contributed by atoms with Crippen molar-refractivity contribution in [1.29, 1.82) is 0 Å². The van der Waals surface area contributed by atoms with E-state index >= 15 is 0 Å². The Morgan fingerprint density at radius 1 is 1.29 bits per heavy atom. The molecule has 1 saturated heterocycles. The van der Waals surface area contributed by atoms with Gasteiger partial charge in [0.1, 0.15) is 0 Å². The number of benzene rings is 1. The van der Waals surface area contributed by atoms with Crippen LogP contribution in [0.2, 0.25) is 0 Å². The van der Waals surface area contributed by atoms with Gasteiger partial charge >= 0.3 is 0 Å². The van der Waals surface area contributed by atoms with Crippen LogP contribution < -0.4 is 5.32 Å². The van der Waals surface area contributed by atoms with E-state index < -0.39 is 0 Å². The largest absolute Gasteiger partial charge is 0.385 e. The van der Waals surface area contributed by atoms with Crippen molar-refractivity contribution in [2.45, 2.75) is 25.7 Å². The Morgan fingerprint density at radius 3 is 2.90 bits per heavy atom. The number of nitrogens with zero attached hydrogens (tertiary/aromatic N) is 2. The van der Waals surface area contributed by atoms with E-state index in [2.05, 4.69) is 22.3 Å². The number of nitrogens with one attached hydrogen (secondary N) is 1. The van der Waals surface area contributed by atoms with Crippen LogP contribution in [0.3, 0.4) is 0 Å². The second-order valence-electron chi connectivity index (χ2n) is 6.18. The molecule has 3 rings (SSSR count). The van der Waals surface area contributed by atoms with Crippen molar-refractivity contribution >= 4 is 11.6 Å². The van der Waals surface area contributed by atoms with Gasteiger partial charge in [0.15, 0.2) is 0 Å². The Bertz CT molecular complexity index is 509. The van der Waals surface area contributed by atoms with Crippen LogP contribution in [0.25, 0.3) is 0 Å². The normalized spacial score (nSPS) is 18.1. The molecule has 0 bridgehead atoms. The number of hydrogen-bond acceptors (Lipinski definition) is 3. The SMILES string of the molecule is CN(CCN1CCCC1)C(=O)c1ccc2c(c1)CCCN2. The van der Waals surface area contributed by atoms with Gasteiger partial charge in [-0.15, -0.1) is 0 Å². The van der Waals surface area contributed by atoms with Crippen LogP contribution in [-0.4, -0.2) is 55.5 Å². The first-order valence-corrected chi connectivity index (χ1v) is 8.08. The highest BCUT2D eigenvalue weighted by Gasteiger charge is 2.17. The maximum absolute atomic E-state index is 12.5. The lowest BCUT2D eigenvalue weighted by Gasteiger charge is -2.23. The van der Waals surface area contributed by atoms with Crippen molar-refractivity contribution in [3.05, 3.63) is 29.3 Å². The van der Waals surface area contributed by atoms with Crippen LogP contribution in [0, 0.1) is 0 Å². The van der Waals surface area contributed by atoms with Crippen LogP contribution >= 0.6 is 0 Å². The van der Waals surface area contributed by atoms with Gasteiger partial charge in [0.2, 0.25) is 0 Å². The van der Waals surface area contributed by atoms with Crippen LogP contribution in [0.1, 0.15) is 35.2 Å². The highest BCUT2D eigenvalue weighted by Crippen LogP contribution is 2.23. The molecule has 21 heavy (non-hydrogen) atoms. The molecule has 1 fully saturated rings. The molecule has 114 valence electrons. The molecule has 0 aromatic heterocycles. The quantitative estimate of drug-likeness (QED) is 0.922. The summed E-state index contributed by atoms with van der Waals surface area (Å²) in [5.41, 5.74) is 3.29. The second kappa shape index (κ2) is 6.48. The average Bonchev–Trinajstić information content (AvgIpc) is 3.05. The smallest absolute Gasteiger partial charge is 0.253 e. The lowest BCUT2D eigenvalue weighted by atomic mass is 10.0. The van der Waals surface area contributed by atoms with Gasteiger partial charge in [0, 0.05) is 37.9 Å². The predicted molar refractivity (Wildman–Crippen MR) is 85.9 cm³/mol. The summed E-state index contributed by atoms with van der Waals surface area (Å²) < 4.78 is 0. The first-order valence-electron chi connectivity index (χ1n) is 8.08. The van der Waals surface area contributed by atoms with E-state index in [9.17, 15) is 4.79 Å². The van der Waals surface area contributed by atoms with E-state index in [0.29, 0.717) is 0 Å². The molecule has 0 radical (unpaired) electrons. The Balaban J connectivity index is 1.60. The Morgan fingerprint density at radius 2 is 2.10 bits per heavy atom. The molecule has 2 aliphatic heterocycles. The lowest BCUT2D eigenvalue weighted by Crippen LogP contribution is -2.35. The minimum atomic E-state index is 0.141. The summed E-state index contributed by atoms with van der Waals surface area (Å²) in [5.74, 6) is 0.141. The summed E-state index contributed by atoms with van der Waals surface area (Å²) >= 11 is 0. The van der Waals surface area contributed by atoms with Gasteiger partial charge < -0.3 is 15.1 Å². The molecule has 1 amide bonds. The van der Waals surface area contributed by atoms with Crippen molar-refractivity contribution in [3.63, 3.8) is 0 Å². The van der Waals surface area contributed by atoms with Crippen molar-refractivity contribution in [2.75, 3.05) is 45.1 Å². The maximum Gasteiger partial charge on any atom is 0.253 e. The van der Waals surface area contributed by atoms with Crippen molar-refractivity contribution in [2.24, 2.45) is 0 Å². The van der Waals surface area contributed by atoms with Crippen LogP contribution in [0.15, 0.2) is 18.2 Å². The van der Waals surface area contributed by atoms with Gasteiger partial charge in [-0.1, -0.05) is 0 Å². The van der Waals surface area contributed by atoms with Crippen molar-refractivity contribution < 1.29 is 4.79 Å². The van der Waals surface area contributed by atoms with Gasteiger partial charge in [0.05, 0.1) is 0 Å². The molecule has 0 aliphatic carbocycles. The molecular weight excluding hydrogens is 262 g/mol. The summed E-state index contributed by atoms with van der Waals surface area (Å²) in [6.45, 7) is 5.22. The third kappa shape index (κ3) is 3.38. The summed E-state index contributed by atoms with van der Waals surface area (Å²) in [4.78, 5) is 16.8. The van der Waals surface area contributed by atoms with Crippen molar-refractivity contribution in [1.82, 2.24) is 9.80 Å². The zero-order valence-electron chi connectivity index (χ0n) is 12.9. The van der Waals surface area contributed by atoms with E-state index in [0.717, 1.165) is 38.0 Å². The molecule has 4 nitrogen and oxygen atoms in total. The number of fused-ring (bicyclic) bond motifs is 1. The number of anilines is 1. The minimum absolute atomic E-state index is 0.141. The Kier molecular flexibility index (Phi) is 4.44. The number of rotatable bonds is 4. The third-order valence-electron chi connectivity index (χ3n) is 4.59. The molecule has 1 N–H and O–H groups in total. The fourth-order valence-corrected chi connectivity index (χ4v) is 3.23. The molecule has 0 atom stereocenters. The van der Waals surface area contributed by atoms with E-state index in [1.54, 1.807) is 0 Å². The summed E-state index contributed by atoms with van der Waals surface area (Å²) in [6, 6.07) is 6.07. The maximum atomic E-state index is 12.5. The third-order valence-corrected chi connectivity index (χ3v) is 4.59. The molecule has 4 heteroatoms. The highest BCUT2D eigenvalue weighted by molar-refractivity contribution is 5.94. The lowest BCUT2D eigenvalue weighted by molar-refractivity contribution is 0.0782. The molecule has 0 unspecified atom stereocenters. The standard InChI is InChI=1S/C17H25N3O/c1-19(11-12-20-9-2-3-10-20)17(21)15-6-7-16-14(13-15)5-4-8-18-16/h6-7,13,18H,2-5,8-12H2,1H3. The first-order chi connectivity index (χ1) is 10.2. The zero-order valence-corrected chi connectivity index (χ0v) is 12.9. The minimum Gasteiger partial charge on any atom is -0.385 e. The molecule has 1 aromatic carbocycles. The van der Waals surface area contributed by atoms with Crippen LogP contribution in [0.4, 0.5) is 5.69 Å². The van der Waals surface area contributed by atoms with Gasteiger partial charge in [-0.2, -0.15) is 0 Å². The predicted octanol–water partition coefficient (Wildman–Crippen LogP) is 2.21. The highest BCUT2D eigenvalue weighted by atomic mass is 16.2. The Labute approximate surface area is 127 Å². The van der Waals surface area contributed by atoms with Crippen LogP contribution in [-0.2, 0) is 6.42 Å². The molecule has 0 saturated carbocycles.